The van der Waals surface area contributed by atoms with Crippen molar-refractivity contribution in [3.05, 3.63) is 119 Å². The van der Waals surface area contributed by atoms with Crippen LogP contribution in [-0.2, 0) is 9.53 Å². The number of carbonyl (C=O) groups is 1. The molecule has 3 heterocycles. The van der Waals surface area contributed by atoms with Crippen LogP contribution in [-0.4, -0.2) is 23.9 Å². The van der Waals surface area contributed by atoms with E-state index in [9.17, 15) is 9.59 Å². The monoisotopic (exact) mass is 558 g/mol. The maximum Gasteiger partial charge on any atom is 0.338 e. The molecule has 0 N–H and O–H groups in total. The van der Waals surface area contributed by atoms with Crippen LogP contribution in [0.2, 0.25) is 5.02 Å². The lowest BCUT2D eigenvalue weighted by Crippen LogP contribution is -2.40. The van der Waals surface area contributed by atoms with Crippen LogP contribution < -0.4 is 24.4 Å². The molecule has 0 radical (unpaired) electrons. The van der Waals surface area contributed by atoms with E-state index in [1.165, 1.54) is 11.3 Å². The number of benzene rings is 3. The highest BCUT2D eigenvalue weighted by Crippen LogP contribution is 2.36. The van der Waals surface area contributed by atoms with Crippen molar-refractivity contribution in [1.82, 2.24) is 4.57 Å². The van der Waals surface area contributed by atoms with E-state index in [-0.39, 0.29) is 19.0 Å². The second-order valence-electron chi connectivity index (χ2n) is 9.05. The van der Waals surface area contributed by atoms with Gasteiger partial charge in [-0.1, -0.05) is 65.4 Å². The quantitative estimate of drug-likeness (QED) is 0.334. The zero-order valence-electron chi connectivity index (χ0n) is 21.1. The average molecular weight is 559 g/mol. The first kappa shape index (κ1) is 25.2. The van der Waals surface area contributed by atoms with E-state index in [0.29, 0.717) is 37.1 Å². The average Bonchev–Trinajstić information content (AvgIpc) is 3.52. The zero-order valence-corrected chi connectivity index (χ0v) is 22.7. The Hall–Kier alpha value is -4.14. The number of carbonyl (C=O) groups excluding carboxylic acids is 1. The van der Waals surface area contributed by atoms with Gasteiger partial charge >= 0.3 is 5.97 Å². The summed E-state index contributed by atoms with van der Waals surface area (Å²) in [6.45, 7) is 4.06. The lowest BCUT2D eigenvalue weighted by atomic mass is 9.93. The molecule has 7 nitrogen and oxygen atoms in total. The zero-order chi connectivity index (χ0) is 27.1. The minimum atomic E-state index is -0.757. The van der Waals surface area contributed by atoms with Crippen LogP contribution in [0, 0.1) is 6.92 Å². The summed E-state index contributed by atoms with van der Waals surface area (Å²) in [5.74, 6) is 0.788. The van der Waals surface area contributed by atoms with Crippen molar-refractivity contribution in [3.63, 3.8) is 0 Å². The molecule has 0 fully saturated rings. The van der Waals surface area contributed by atoms with Gasteiger partial charge in [0.25, 0.3) is 5.56 Å². The molecule has 3 aromatic carbocycles. The Bertz CT molecular complexity index is 1810. The Balaban J connectivity index is 1.63. The van der Waals surface area contributed by atoms with Gasteiger partial charge in [-0.3, -0.25) is 9.36 Å². The first-order valence-electron chi connectivity index (χ1n) is 12.4. The Morgan fingerprint density at radius 1 is 1.13 bits per heavy atom. The van der Waals surface area contributed by atoms with Gasteiger partial charge in [-0.05, 0) is 60.9 Å². The number of hydrogen-bond acceptors (Lipinski definition) is 7. The third-order valence-electron chi connectivity index (χ3n) is 6.61. The minimum Gasteiger partial charge on any atom is -0.463 e. The standard InChI is InChI=1S/C30H23ClN2O5S/c1-3-36-29(35)25-26(18-7-5-4-6-8-18)32-30-33(27(25)19-9-11-21(31)12-10-19)28(34)24(39-30)15-20-14-23-22(13-17(20)2)37-16-38-23/h4-15,27H,3,16H2,1-2H3/t27-/m0/s1. The molecule has 2 aliphatic rings. The molecule has 0 unspecified atom stereocenters. The van der Waals surface area contributed by atoms with Gasteiger partial charge < -0.3 is 14.2 Å². The van der Waals surface area contributed by atoms with Gasteiger partial charge in [0, 0.05) is 10.6 Å². The minimum absolute atomic E-state index is 0.167. The fourth-order valence-electron chi connectivity index (χ4n) is 4.76. The van der Waals surface area contributed by atoms with Crippen molar-refractivity contribution in [2.45, 2.75) is 19.9 Å². The molecule has 0 aliphatic carbocycles. The highest BCUT2D eigenvalue weighted by atomic mass is 35.5. The number of hydrogen-bond donors (Lipinski definition) is 0. The molecule has 0 saturated carbocycles. The lowest BCUT2D eigenvalue weighted by molar-refractivity contribution is -0.138. The topological polar surface area (TPSA) is 79.1 Å². The van der Waals surface area contributed by atoms with Crippen LogP contribution in [0.1, 0.15) is 35.2 Å². The lowest BCUT2D eigenvalue weighted by Gasteiger charge is -2.25. The highest BCUT2D eigenvalue weighted by molar-refractivity contribution is 7.07. The fourth-order valence-corrected chi connectivity index (χ4v) is 5.87. The van der Waals surface area contributed by atoms with Crippen LogP contribution in [0.15, 0.2) is 82.1 Å². The van der Waals surface area contributed by atoms with Gasteiger partial charge in [0.15, 0.2) is 16.3 Å². The largest absolute Gasteiger partial charge is 0.463 e. The molecule has 1 atom stereocenters. The summed E-state index contributed by atoms with van der Waals surface area (Å²) >= 11 is 7.46. The van der Waals surface area contributed by atoms with Crippen molar-refractivity contribution < 1.29 is 19.0 Å². The number of aromatic nitrogens is 1. The van der Waals surface area contributed by atoms with Gasteiger partial charge in [0.05, 0.1) is 28.5 Å². The first-order valence-corrected chi connectivity index (χ1v) is 13.6. The number of halogens is 1. The van der Waals surface area contributed by atoms with Gasteiger partial charge in [-0.15, -0.1) is 0 Å². The highest BCUT2D eigenvalue weighted by Gasteiger charge is 2.35. The molecule has 39 heavy (non-hydrogen) atoms. The van der Waals surface area contributed by atoms with Crippen LogP contribution in [0.3, 0.4) is 0 Å². The van der Waals surface area contributed by atoms with E-state index in [1.807, 2.05) is 67.6 Å². The van der Waals surface area contributed by atoms with Gasteiger partial charge in [0.1, 0.15) is 0 Å². The van der Waals surface area contributed by atoms with Gasteiger partial charge in [-0.2, -0.15) is 0 Å². The number of nitrogens with zero attached hydrogens (tertiary/aromatic N) is 2. The molecule has 9 heteroatoms. The molecular formula is C30H23ClN2O5S. The SMILES string of the molecule is CCOC(=O)C1=C(c2ccccc2)N=c2sc(=Cc3cc4c(cc3C)OCO4)c(=O)n2[C@H]1c1ccc(Cl)cc1. The van der Waals surface area contributed by atoms with E-state index in [2.05, 4.69) is 0 Å². The van der Waals surface area contributed by atoms with Crippen molar-refractivity contribution in [2.75, 3.05) is 13.4 Å². The maximum absolute atomic E-state index is 14.0. The molecule has 0 saturated heterocycles. The molecule has 2 aliphatic heterocycles. The van der Waals surface area contributed by atoms with Crippen LogP contribution >= 0.6 is 22.9 Å². The molecule has 0 spiro atoms. The number of aryl methyl sites for hydroxylation is 1. The summed E-state index contributed by atoms with van der Waals surface area (Å²) in [6.07, 6.45) is 1.83. The molecule has 6 rings (SSSR count). The first-order chi connectivity index (χ1) is 18.9. The van der Waals surface area contributed by atoms with E-state index >= 15 is 0 Å². The molecular weight excluding hydrogens is 536 g/mol. The summed E-state index contributed by atoms with van der Waals surface area (Å²) in [4.78, 5) is 32.9. The maximum atomic E-state index is 14.0. The summed E-state index contributed by atoms with van der Waals surface area (Å²) in [5, 5.41) is 0.550. The summed E-state index contributed by atoms with van der Waals surface area (Å²) in [7, 11) is 0. The number of rotatable bonds is 5. The van der Waals surface area contributed by atoms with Gasteiger partial charge in [0.2, 0.25) is 6.79 Å². The van der Waals surface area contributed by atoms with E-state index in [4.69, 9.17) is 30.8 Å². The van der Waals surface area contributed by atoms with Crippen molar-refractivity contribution >= 4 is 40.7 Å². The van der Waals surface area contributed by atoms with Crippen molar-refractivity contribution in [3.8, 4) is 11.5 Å². The third kappa shape index (κ3) is 4.56. The normalized spacial score (nSPS) is 16.2. The van der Waals surface area contributed by atoms with Crippen LogP contribution in [0.4, 0.5) is 0 Å². The number of thiazole rings is 1. The summed E-state index contributed by atoms with van der Waals surface area (Å²) in [6, 6.07) is 19.6. The molecule has 0 bridgehead atoms. The smallest absolute Gasteiger partial charge is 0.338 e. The summed E-state index contributed by atoms with van der Waals surface area (Å²) < 4.78 is 18.6. The second kappa shape index (κ2) is 10.2. The Morgan fingerprint density at radius 3 is 2.56 bits per heavy atom. The number of esters is 1. The number of ether oxygens (including phenoxy) is 3. The van der Waals surface area contributed by atoms with Gasteiger partial charge in [-0.25, -0.2) is 9.79 Å². The molecule has 1 aromatic heterocycles. The second-order valence-corrected chi connectivity index (χ2v) is 10.5. The van der Waals surface area contributed by atoms with E-state index in [1.54, 1.807) is 23.6 Å². The van der Waals surface area contributed by atoms with E-state index in [0.717, 1.165) is 22.3 Å². The van der Waals surface area contributed by atoms with Crippen molar-refractivity contribution in [1.29, 1.82) is 0 Å². The van der Waals surface area contributed by atoms with E-state index < -0.39 is 12.0 Å². The molecule has 4 aromatic rings. The molecule has 0 amide bonds. The van der Waals surface area contributed by atoms with Crippen molar-refractivity contribution in [2.24, 2.45) is 4.99 Å². The Morgan fingerprint density at radius 2 is 1.85 bits per heavy atom. The van der Waals surface area contributed by atoms with Crippen LogP contribution in [0.25, 0.3) is 11.8 Å². The fraction of sp³-hybridized carbons (Fsp3) is 0.167. The predicted molar refractivity (Wildman–Crippen MR) is 150 cm³/mol. The number of fused-ring (bicyclic) bond motifs is 2. The molecule has 196 valence electrons. The summed E-state index contributed by atoms with van der Waals surface area (Å²) in [5.41, 5.74) is 3.76. The Labute approximate surface area is 232 Å². The Kier molecular flexibility index (Phi) is 6.58. The third-order valence-corrected chi connectivity index (χ3v) is 7.84. The van der Waals surface area contributed by atoms with Crippen LogP contribution in [0.5, 0.6) is 11.5 Å². The predicted octanol–water partition coefficient (Wildman–Crippen LogP) is 4.63.